The van der Waals surface area contributed by atoms with Gasteiger partial charge in [-0.1, -0.05) is 32.0 Å². The van der Waals surface area contributed by atoms with Gasteiger partial charge in [-0.25, -0.2) is 0 Å². The van der Waals surface area contributed by atoms with E-state index < -0.39 is 0 Å². The highest BCUT2D eigenvalue weighted by Gasteiger charge is 2.05. The van der Waals surface area contributed by atoms with Gasteiger partial charge in [0, 0.05) is 26.7 Å². The van der Waals surface area contributed by atoms with Crippen LogP contribution >= 0.6 is 24.0 Å². The number of hydrogen-bond acceptors (Lipinski definition) is 5. The zero-order valence-electron chi connectivity index (χ0n) is 20.5. The zero-order valence-corrected chi connectivity index (χ0v) is 22.8. The van der Waals surface area contributed by atoms with Crippen molar-refractivity contribution in [2.24, 2.45) is 4.99 Å². The molecule has 7 nitrogen and oxygen atoms in total. The third kappa shape index (κ3) is 10.1. The Labute approximate surface area is 215 Å². The van der Waals surface area contributed by atoms with E-state index in [2.05, 4.69) is 46.5 Å². The minimum absolute atomic E-state index is 0. The Balaban J connectivity index is 0.00000544. The minimum atomic E-state index is 0. The summed E-state index contributed by atoms with van der Waals surface area (Å²) >= 11 is 0. The van der Waals surface area contributed by atoms with Crippen molar-refractivity contribution in [3.05, 3.63) is 53.6 Å². The average Bonchev–Trinajstić information content (AvgIpc) is 2.84. The van der Waals surface area contributed by atoms with Crippen molar-refractivity contribution in [2.75, 3.05) is 54.1 Å². The molecule has 0 heterocycles. The predicted molar refractivity (Wildman–Crippen MR) is 147 cm³/mol. The van der Waals surface area contributed by atoms with Gasteiger partial charge in [-0.3, -0.25) is 4.99 Å². The molecule has 8 heteroatoms. The van der Waals surface area contributed by atoms with E-state index in [1.54, 1.807) is 21.3 Å². The van der Waals surface area contributed by atoms with Crippen LogP contribution in [0, 0.1) is 0 Å². The Morgan fingerprint density at radius 3 is 2.18 bits per heavy atom. The summed E-state index contributed by atoms with van der Waals surface area (Å²) in [4.78, 5) is 6.66. The summed E-state index contributed by atoms with van der Waals surface area (Å²) in [5.74, 6) is 3.15. The smallest absolute Gasteiger partial charge is 0.191 e. The van der Waals surface area contributed by atoms with Gasteiger partial charge in [-0.2, -0.15) is 0 Å². The largest absolute Gasteiger partial charge is 0.493 e. The number of nitrogens with zero attached hydrogens (tertiary/aromatic N) is 2. The second-order valence-electron chi connectivity index (χ2n) is 7.31. The minimum Gasteiger partial charge on any atom is -0.493 e. The van der Waals surface area contributed by atoms with E-state index in [9.17, 15) is 0 Å². The first-order valence-corrected chi connectivity index (χ1v) is 11.2. The number of aliphatic imine (C=N–C) groups is 1. The van der Waals surface area contributed by atoms with Crippen molar-refractivity contribution in [1.82, 2.24) is 15.5 Å². The predicted octanol–water partition coefficient (Wildman–Crippen LogP) is 3.95. The molecule has 0 unspecified atom stereocenters. The molecule has 0 aliphatic carbocycles. The number of methoxy groups -OCH3 is 2. The maximum absolute atomic E-state index is 5.85. The fraction of sp³-hybridized carbons (Fsp3) is 0.480. The van der Waals surface area contributed by atoms with Crippen molar-refractivity contribution >= 4 is 29.9 Å². The van der Waals surface area contributed by atoms with Gasteiger partial charge in [-0.05, 0) is 54.9 Å². The number of guanidine groups is 1. The highest BCUT2D eigenvalue weighted by molar-refractivity contribution is 14.0. The van der Waals surface area contributed by atoms with Crippen LogP contribution in [0.15, 0.2) is 47.5 Å². The molecule has 2 aromatic rings. The van der Waals surface area contributed by atoms with Crippen molar-refractivity contribution in [3.63, 3.8) is 0 Å². The Bertz CT molecular complexity index is 827. The van der Waals surface area contributed by atoms with Crippen LogP contribution in [0.2, 0.25) is 0 Å². The third-order valence-corrected chi connectivity index (χ3v) is 5.33. The lowest BCUT2D eigenvalue weighted by molar-refractivity contribution is 0.223. The van der Waals surface area contributed by atoms with Gasteiger partial charge in [0.2, 0.25) is 0 Å². The normalized spacial score (nSPS) is 11.0. The van der Waals surface area contributed by atoms with Crippen molar-refractivity contribution in [2.45, 2.75) is 26.8 Å². The fourth-order valence-electron chi connectivity index (χ4n) is 3.30. The van der Waals surface area contributed by atoms with Gasteiger partial charge in [0.25, 0.3) is 0 Å². The number of rotatable bonds is 13. The number of benzene rings is 2. The lowest BCUT2D eigenvalue weighted by Gasteiger charge is -2.18. The van der Waals surface area contributed by atoms with Crippen LogP contribution in [0.3, 0.4) is 0 Å². The summed E-state index contributed by atoms with van der Waals surface area (Å²) in [5, 5.41) is 6.70. The van der Waals surface area contributed by atoms with Gasteiger partial charge in [-0.15, -0.1) is 24.0 Å². The van der Waals surface area contributed by atoms with E-state index in [-0.39, 0.29) is 24.0 Å². The molecule has 2 rings (SSSR count). The van der Waals surface area contributed by atoms with E-state index in [4.69, 9.17) is 14.2 Å². The molecule has 0 atom stereocenters. The topological polar surface area (TPSA) is 67.4 Å². The Morgan fingerprint density at radius 1 is 0.909 bits per heavy atom. The van der Waals surface area contributed by atoms with E-state index >= 15 is 0 Å². The second-order valence-corrected chi connectivity index (χ2v) is 7.31. The van der Waals surface area contributed by atoms with Crippen molar-refractivity contribution in [3.8, 4) is 17.2 Å². The van der Waals surface area contributed by atoms with Crippen molar-refractivity contribution < 1.29 is 14.2 Å². The fourth-order valence-corrected chi connectivity index (χ4v) is 3.30. The molecule has 2 N–H and O–H groups in total. The molecule has 0 radical (unpaired) electrons. The first-order chi connectivity index (χ1) is 15.6. The SMILES string of the molecule is CCN(CC)CCOc1ccc(CNC(=NC)NCCc2ccc(OC)c(OC)c2)cc1.I. The Kier molecular flexibility index (Phi) is 14.3. The van der Waals surface area contributed by atoms with Crippen LogP contribution in [0.25, 0.3) is 0 Å². The molecule has 184 valence electrons. The molecule has 2 aromatic carbocycles. The van der Waals surface area contributed by atoms with Crippen LogP contribution in [-0.2, 0) is 13.0 Å². The quantitative estimate of drug-likeness (QED) is 0.216. The molecule has 0 aliphatic rings. The number of nitrogens with one attached hydrogen (secondary N) is 2. The maximum Gasteiger partial charge on any atom is 0.191 e. The summed E-state index contributed by atoms with van der Waals surface area (Å²) in [7, 11) is 5.07. The van der Waals surface area contributed by atoms with Crippen LogP contribution < -0.4 is 24.8 Å². The molecular weight excluding hydrogens is 531 g/mol. The lowest BCUT2D eigenvalue weighted by Crippen LogP contribution is -2.37. The number of hydrogen-bond donors (Lipinski definition) is 2. The highest BCUT2D eigenvalue weighted by Crippen LogP contribution is 2.27. The van der Waals surface area contributed by atoms with E-state index in [0.29, 0.717) is 13.2 Å². The molecule has 0 aromatic heterocycles. The molecule has 0 amide bonds. The molecule has 0 spiro atoms. The lowest BCUT2D eigenvalue weighted by atomic mass is 10.1. The monoisotopic (exact) mass is 570 g/mol. The third-order valence-electron chi connectivity index (χ3n) is 5.33. The molecule has 0 aliphatic heterocycles. The van der Waals surface area contributed by atoms with Crippen LogP contribution in [0.1, 0.15) is 25.0 Å². The number of halogens is 1. The highest BCUT2D eigenvalue weighted by atomic mass is 127. The molecule has 0 bridgehead atoms. The van der Waals surface area contributed by atoms with Gasteiger partial charge < -0.3 is 29.7 Å². The van der Waals surface area contributed by atoms with Crippen molar-refractivity contribution in [1.29, 1.82) is 0 Å². The average molecular weight is 571 g/mol. The van der Waals surface area contributed by atoms with Crippen LogP contribution in [-0.4, -0.2) is 64.9 Å². The summed E-state index contributed by atoms with van der Waals surface area (Å²) < 4.78 is 16.5. The summed E-state index contributed by atoms with van der Waals surface area (Å²) in [6.07, 6.45) is 0.848. The first kappa shape index (κ1) is 28.8. The number of ether oxygens (including phenoxy) is 3. The maximum atomic E-state index is 5.85. The molecular formula is C25H39IN4O3. The molecule has 0 saturated carbocycles. The molecule has 0 fully saturated rings. The van der Waals surface area contributed by atoms with E-state index in [0.717, 1.165) is 55.8 Å². The summed E-state index contributed by atoms with van der Waals surface area (Å²) in [6.45, 7) is 9.54. The van der Waals surface area contributed by atoms with E-state index in [1.807, 2.05) is 30.3 Å². The number of likely N-dealkylation sites (N-methyl/N-ethyl adjacent to an activating group) is 1. The van der Waals surface area contributed by atoms with Gasteiger partial charge in [0.1, 0.15) is 12.4 Å². The van der Waals surface area contributed by atoms with Gasteiger partial charge in [0.05, 0.1) is 14.2 Å². The van der Waals surface area contributed by atoms with Gasteiger partial charge >= 0.3 is 0 Å². The zero-order chi connectivity index (χ0) is 23.2. The van der Waals surface area contributed by atoms with Crippen LogP contribution in [0.4, 0.5) is 0 Å². The Morgan fingerprint density at radius 2 is 1.58 bits per heavy atom. The standard InChI is InChI=1S/C25H38N4O3.HI/c1-6-29(7-2)16-17-32-22-11-8-21(9-12-22)19-28-25(26-3)27-15-14-20-10-13-23(30-4)24(18-20)31-5;/h8-13,18H,6-7,14-17,19H2,1-5H3,(H2,26,27,28);1H. The molecule has 33 heavy (non-hydrogen) atoms. The van der Waals surface area contributed by atoms with Crippen LogP contribution in [0.5, 0.6) is 17.2 Å². The summed E-state index contributed by atoms with van der Waals surface area (Å²) in [6, 6.07) is 14.2. The second kappa shape index (κ2) is 16.4. The summed E-state index contributed by atoms with van der Waals surface area (Å²) in [5.41, 5.74) is 2.34. The van der Waals surface area contributed by atoms with Gasteiger partial charge in [0.15, 0.2) is 17.5 Å². The first-order valence-electron chi connectivity index (χ1n) is 11.2. The molecule has 0 saturated heterocycles. The van der Waals surface area contributed by atoms with E-state index in [1.165, 1.54) is 11.1 Å². The Hall–Kier alpha value is -2.20.